The van der Waals surface area contributed by atoms with E-state index in [1.165, 1.54) is 50.2 Å². The van der Waals surface area contributed by atoms with Crippen LogP contribution in [0.5, 0.6) is 11.5 Å². The van der Waals surface area contributed by atoms with E-state index in [1.54, 1.807) is 6.07 Å². The second-order valence-electron chi connectivity index (χ2n) is 14.4. The van der Waals surface area contributed by atoms with Gasteiger partial charge in [0.1, 0.15) is 17.6 Å². The minimum atomic E-state index is -4.72. The zero-order chi connectivity index (χ0) is 33.4. The van der Waals surface area contributed by atoms with Gasteiger partial charge < -0.3 is 14.6 Å². The number of nitrogens with zero attached hydrogens (tertiary/aromatic N) is 1. The van der Waals surface area contributed by atoms with E-state index < -0.39 is 18.2 Å². The summed E-state index contributed by atoms with van der Waals surface area (Å²) in [6, 6.07) is 11.5. The number of piperidine rings is 1. The van der Waals surface area contributed by atoms with Gasteiger partial charge in [0.15, 0.2) is 0 Å². The molecule has 0 radical (unpaired) electrons. The molecule has 1 saturated carbocycles. The number of ether oxygens (including phenoxy) is 2. The summed E-state index contributed by atoms with van der Waals surface area (Å²) in [5, 5.41) is 9.72. The van der Waals surface area contributed by atoms with Crippen LogP contribution in [0.3, 0.4) is 0 Å². The van der Waals surface area contributed by atoms with Gasteiger partial charge in [-0.05, 0) is 111 Å². The number of aryl methyl sites for hydroxylation is 2. The minimum absolute atomic E-state index is 0.00931. The van der Waals surface area contributed by atoms with Gasteiger partial charge in [0.2, 0.25) is 0 Å². The van der Waals surface area contributed by atoms with Crippen LogP contribution in [0.15, 0.2) is 36.4 Å². The quantitative estimate of drug-likeness (QED) is 0.172. The van der Waals surface area contributed by atoms with E-state index in [-0.39, 0.29) is 17.8 Å². The number of alkyl halides is 3. The van der Waals surface area contributed by atoms with E-state index in [2.05, 4.69) is 34.8 Å². The molecule has 2 unspecified atom stereocenters. The first-order valence-electron chi connectivity index (χ1n) is 18.2. The molecule has 5 rings (SSSR count). The van der Waals surface area contributed by atoms with Crippen LogP contribution >= 0.6 is 0 Å². The van der Waals surface area contributed by atoms with Gasteiger partial charge in [-0.1, -0.05) is 83.1 Å². The third kappa shape index (κ3) is 10.4. The molecule has 2 aromatic carbocycles. The molecule has 0 amide bonds. The van der Waals surface area contributed by atoms with Crippen LogP contribution in [-0.2, 0) is 24.2 Å². The molecule has 47 heavy (non-hydrogen) atoms. The number of benzene rings is 2. The Hall–Kier alpha value is -2.74. The number of aliphatic carboxylic acids is 1. The van der Waals surface area contributed by atoms with E-state index in [4.69, 9.17) is 4.74 Å². The fraction of sp³-hybridized carbons (Fsp3) is 0.667. The second-order valence-corrected chi connectivity index (χ2v) is 14.4. The van der Waals surface area contributed by atoms with Gasteiger partial charge in [-0.2, -0.15) is 0 Å². The molecule has 1 aliphatic carbocycles. The molecule has 1 N–H and O–H groups in total. The smallest absolute Gasteiger partial charge is 0.490 e. The molecule has 0 aromatic heterocycles. The van der Waals surface area contributed by atoms with Crippen LogP contribution in [0, 0.1) is 17.8 Å². The van der Waals surface area contributed by atoms with Gasteiger partial charge in [0, 0.05) is 12.1 Å². The Balaban J connectivity index is 1.15. The summed E-state index contributed by atoms with van der Waals surface area (Å²) in [7, 11) is 0. The maximum absolute atomic E-state index is 13.3. The number of rotatable bonds is 17. The van der Waals surface area contributed by atoms with Crippen molar-refractivity contribution in [2.45, 2.75) is 135 Å². The lowest BCUT2D eigenvalue weighted by atomic mass is 9.81. The lowest BCUT2D eigenvalue weighted by Gasteiger charge is -2.38. The van der Waals surface area contributed by atoms with Crippen molar-refractivity contribution in [3.8, 4) is 11.5 Å². The number of hydrogen-bond acceptors (Lipinski definition) is 4. The summed E-state index contributed by atoms with van der Waals surface area (Å²) < 4.78 is 50.9. The van der Waals surface area contributed by atoms with Crippen molar-refractivity contribution in [2.24, 2.45) is 17.8 Å². The number of carbonyl (C=O) groups is 1. The van der Waals surface area contributed by atoms with Crippen molar-refractivity contribution in [3.63, 3.8) is 0 Å². The van der Waals surface area contributed by atoms with Crippen LogP contribution in [0.1, 0.15) is 125 Å². The Morgan fingerprint density at radius 1 is 0.957 bits per heavy atom. The van der Waals surface area contributed by atoms with Gasteiger partial charge in [0.25, 0.3) is 0 Å². The SMILES string of the molecule is CCCCCCCCCCc1ccc(OC(F)(F)F)c(CN2CCC([C@H]3CCc4ccc(C(C5CC5)C(C)C(=O)O)cc4O3)CC2)c1. The first kappa shape index (κ1) is 35.6. The first-order valence-corrected chi connectivity index (χ1v) is 18.2. The largest absolute Gasteiger partial charge is 0.573 e. The molecule has 3 aliphatic rings. The molecule has 260 valence electrons. The van der Waals surface area contributed by atoms with Crippen molar-refractivity contribution in [3.05, 3.63) is 58.7 Å². The molecule has 8 heteroatoms. The lowest BCUT2D eigenvalue weighted by Crippen LogP contribution is -2.40. The van der Waals surface area contributed by atoms with E-state index in [0.29, 0.717) is 23.9 Å². The second kappa shape index (κ2) is 16.6. The fourth-order valence-corrected chi connectivity index (χ4v) is 7.85. The molecule has 0 spiro atoms. The number of carboxylic acid groups (broad SMARTS) is 1. The number of hydrogen-bond donors (Lipinski definition) is 1. The maximum Gasteiger partial charge on any atom is 0.573 e. The number of likely N-dealkylation sites (tertiary alicyclic amines) is 1. The van der Waals surface area contributed by atoms with Crippen LogP contribution in [-0.4, -0.2) is 41.5 Å². The molecule has 1 saturated heterocycles. The standard InChI is InChI=1S/C39H54F3NO4/c1-3-4-5-6-7-8-9-10-11-28-12-18-35(47-39(40,41)42)33(24-28)26-43-22-20-30(21-23-43)34-19-17-29-13-16-32(25-36(29)46-34)37(31-14-15-31)27(2)38(44)45/h12-13,16,18,24-25,27,30-31,34,37H,3-11,14-15,17,19-23,26H2,1-2H3,(H,44,45)/t27?,34-,37?/m1/s1. The Kier molecular flexibility index (Phi) is 12.5. The highest BCUT2D eigenvalue weighted by Gasteiger charge is 2.39. The molecule has 2 heterocycles. The predicted molar refractivity (Wildman–Crippen MR) is 179 cm³/mol. The summed E-state index contributed by atoms with van der Waals surface area (Å²) >= 11 is 0. The van der Waals surface area contributed by atoms with Crippen molar-refractivity contribution in [2.75, 3.05) is 13.1 Å². The predicted octanol–water partition coefficient (Wildman–Crippen LogP) is 10.1. The van der Waals surface area contributed by atoms with Gasteiger partial charge in [-0.3, -0.25) is 9.69 Å². The van der Waals surface area contributed by atoms with Gasteiger partial charge >= 0.3 is 12.3 Å². The van der Waals surface area contributed by atoms with Crippen LogP contribution in [0.4, 0.5) is 13.2 Å². The van der Waals surface area contributed by atoms with Gasteiger partial charge in [0.05, 0.1) is 5.92 Å². The Labute approximate surface area is 279 Å². The molecule has 5 nitrogen and oxygen atoms in total. The number of fused-ring (bicyclic) bond motifs is 1. The highest BCUT2D eigenvalue weighted by Crippen LogP contribution is 2.48. The molecular formula is C39H54F3NO4. The highest BCUT2D eigenvalue weighted by atomic mass is 19.4. The van der Waals surface area contributed by atoms with Gasteiger partial charge in [-0.15, -0.1) is 13.2 Å². The summed E-state index contributed by atoms with van der Waals surface area (Å²) in [6.07, 6.45) is 11.9. The van der Waals surface area contributed by atoms with E-state index in [0.717, 1.165) is 87.8 Å². The maximum atomic E-state index is 13.3. The third-order valence-corrected chi connectivity index (χ3v) is 10.7. The molecule has 2 aromatic rings. The summed E-state index contributed by atoms with van der Waals surface area (Å²) in [4.78, 5) is 14.1. The van der Waals surface area contributed by atoms with E-state index in [1.807, 2.05) is 13.0 Å². The summed E-state index contributed by atoms with van der Waals surface area (Å²) in [5.41, 5.74) is 3.93. The lowest BCUT2D eigenvalue weighted by molar-refractivity contribution is -0.275. The van der Waals surface area contributed by atoms with E-state index in [9.17, 15) is 23.1 Å². The Morgan fingerprint density at radius 3 is 2.32 bits per heavy atom. The number of halogens is 3. The first-order chi connectivity index (χ1) is 22.6. The van der Waals surface area contributed by atoms with Gasteiger partial charge in [-0.25, -0.2) is 0 Å². The monoisotopic (exact) mass is 657 g/mol. The summed E-state index contributed by atoms with van der Waals surface area (Å²) in [5.74, 6) is 0.426. The topological polar surface area (TPSA) is 59.0 Å². The molecule has 3 atom stereocenters. The normalized spacial score (nSPS) is 20.3. The minimum Gasteiger partial charge on any atom is -0.490 e. The van der Waals surface area contributed by atoms with Crippen LogP contribution < -0.4 is 9.47 Å². The number of carboxylic acids is 1. The van der Waals surface area contributed by atoms with E-state index >= 15 is 0 Å². The average Bonchev–Trinajstić information content (AvgIpc) is 3.88. The molecule has 2 aliphatic heterocycles. The zero-order valence-corrected chi connectivity index (χ0v) is 28.3. The van der Waals surface area contributed by atoms with Crippen molar-refractivity contribution in [1.29, 1.82) is 0 Å². The molecular weight excluding hydrogens is 603 g/mol. The van der Waals surface area contributed by atoms with Crippen molar-refractivity contribution >= 4 is 5.97 Å². The Bertz CT molecular complexity index is 1300. The van der Waals surface area contributed by atoms with Crippen molar-refractivity contribution < 1.29 is 32.5 Å². The zero-order valence-electron chi connectivity index (χ0n) is 28.3. The highest BCUT2D eigenvalue weighted by molar-refractivity contribution is 5.71. The molecule has 0 bridgehead atoms. The fourth-order valence-electron chi connectivity index (χ4n) is 7.85. The van der Waals surface area contributed by atoms with Crippen LogP contribution in [0.2, 0.25) is 0 Å². The third-order valence-electron chi connectivity index (χ3n) is 10.7. The van der Waals surface area contributed by atoms with Crippen LogP contribution in [0.25, 0.3) is 0 Å². The number of unbranched alkanes of at least 4 members (excludes halogenated alkanes) is 7. The molecule has 2 fully saturated rings. The Morgan fingerprint density at radius 2 is 1.66 bits per heavy atom. The summed E-state index contributed by atoms with van der Waals surface area (Å²) in [6.45, 7) is 6.07. The average molecular weight is 658 g/mol. The van der Waals surface area contributed by atoms with Crippen molar-refractivity contribution in [1.82, 2.24) is 4.90 Å².